The van der Waals surface area contributed by atoms with Gasteiger partial charge in [0.2, 0.25) is 0 Å². The predicted molar refractivity (Wildman–Crippen MR) is 105 cm³/mol. The van der Waals surface area contributed by atoms with Gasteiger partial charge < -0.3 is 14.0 Å². The molecule has 1 fully saturated rings. The highest BCUT2D eigenvalue weighted by atomic mass is 16.5. The van der Waals surface area contributed by atoms with E-state index in [-0.39, 0.29) is 6.04 Å². The van der Waals surface area contributed by atoms with E-state index in [2.05, 4.69) is 58.8 Å². The summed E-state index contributed by atoms with van der Waals surface area (Å²) in [6, 6.07) is 8.70. The minimum atomic E-state index is 0.251. The summed E-state index contributed by atoms with van der Waals surface area (Å²) in [5, 5.41) is 0. The van der Waals surface area contributed by atoms with Gasteiger partial charge in [-0.1, -0.05) is 6.07 Å². The molecular formula is C22H25N3O2. The Morgan fingerprint density at radius 1 is 1.15 bits per heavy atom. The lowest BCUT2D eigenvalue weighted by atomic mass is 9.95. The van der Waals surface area contributed by atoms with Gasteiger partial charge in [0.05, 0.1) is 31.9 Å². The second kappa shape index (κ2) is 7.53. The van der Waals surface area contributed by atoms with Crippen molar-refractivity contribution >= 4 is 0 Å². The smallest absolute Gasteiger partial charge is 0.144 e. The molecule has 0 bridgehead atoms. The highest BCUT2D eigenvalue weighted by Gasteiger charge is 2.32. The summed E-state index contributed by atoms with van der Waals surface area (Å²) in [5.74, 6) is 2.23. The van der Waals surface area contributed by atoms with E-state index in [0.717, 1.165) is 35.7 Å². The van der Waals surface area contributed by atoms with Gasteiger partial charge in [0, 0.05) is 30.7 Å². The largest absolute Gasteiger partial charge is 0.496 e. The minimum Gasteiger partial charge on any atom is -0.496 e. The van der Waals surface area contributed by atoms with E-state index in [0.29, 0.717) is 12.5 Å². The molecule has 5 heteroatoms. The molecule has 3 heterocycles. The second-order valence-electron chi connectivity index (χ2n) is 7.25. The molecule has 3 aromatic rings. The van der Waals surface area contributed by atoms with Crippen LogP contribution >= 0.6 is 0 Å². The van der Waals surface area contributed by atoms with Gasteiger partial charge in [-0.05, 0) is 55.2 Å². The van der Waals surface area contributed by atoms with E-state index >= 15 is 0 Å². The number of methoxy groups -OCH3 is 1. The monoisotopic (exact) mass is 363 g/mol. The van der Waals surface area contributed by atoms with Crippen LogP contribution in [0.15, 0.2) is 49.1 Å². The summed E-state index contributed by atoms with van der Waals surface area (Å²) in [7, 11) is 1.72. The number of rotatable bonds is 5. The molecule has 27 heavy (non-hydrogen) atoms. The van der Waals surface area contributed by atoms with Crippen molar-refractivity contribution in [2.24, 2.45) is 5.92 Å². The van der Waals surface area contributed by atoms with Crippen LogP contribution < -0.4 is 4.74 Å². The predicted octanol–water partition coefficient (Wildman–Crippen LogP) is 4.00. The number of aryl methyl sites for hydroxylation is 2. The molecule has 2 atom stereocenters. The minimum absolute atomic E-state index is 0.251. The molecule has 0 unspecified atom stereocenters. The maximum absolute atomic E-state index is 5.87. The Morgan fingerprint density at radius 2 is 1.96 bits per heavy atom. The first kappa shape index (κ1) is 17.7. The Hall–Kier alpha value is -2.66. The van der Waals surface area contributed by atoms with Crippen LogP contribution in [0.5, 0.6) is 5.75 Å². The van der Waals surface area contributed by atoms with Gasteiger partial charge in [0.1, 0.15) is 11.6 Å². The lowest BCUT2D eigenvalue weighted by Gasteiger charge is -2.22. The topological polar surface area (TPSA) is 49.2 Å². The van der Waals surface area contributed by atoms with Crippen LogP contribution in [0.2, 0.25) is 0 Å². The molecule has 0 radical (unpaired) electrons. The van der Waals surface area contributed by atoms with E-state index in [9.17, 15) is 0 Å². The molecule has 0 aliphatic carbocycles. The molecule has 5 nitrogen and oxygen atoms in total. The maximum atomic E-state index is 5.87. The van der Waals surface area contributed by atoms with Crippen molar-refractivity contribution in [3.8, 4) is 17.1 Å². The normalized spacial score (nSPS) is 19.4. The van der Waals surface area contributed by atoms with Gasteiger partial charge in [-0.15, -0.1) is 0 Å². The summed E-state index contributed by atoms with van der Waals surface area (Å²) in [5.41, 5.74) is 4.65. The van der Waals surface area contributed by atoms with Gasteiger partial charge in [-0.25, -0.2) is 4.98 Å². The van der Waals surface area contributed by atoms with Crippen molar-refractivity contribution in [1.82, 2.24) is 14.5 Å². The number of pyridine rings is 1. The number of nitrogens with zero attached hydrogens (tertiary/aromatic N) is 3. The first-order chi connectivity index (χ1) is 13.2. The second-order valence-corrected chi connectivity index (χ2v) is 7.25. The third-order valence-corrected chi connectivity index (χ3v) is 5.30. The summed E-state index contributed by atoms with van der Waals surface area (Å²) < 4.78 is 13.8. The quantitative estimate of drug-likeness (QED) is 0.687. The van der Waals surface area contributed by atoms with Crippen LogP contribution in [0.25, 0.3) is 11.4 Å². The summed E-state index contributed by atoms with van der Waals surface area (Å²) >= 11 is 0. The lowest BCUT2D eigenvalue weighted by molar-refractivity contribution is 0.181. The number of benzene rings is 1. The van der Waals surface area contributed by atoms with Crippen molar-refractivity contribution in [3.05, 3.63) is 65.7 Å². The zero-order chi connectivity index (χ0) is 18.8. The summed E-state index contributed by atoms with van der Waals surface area (Å²) in [6.07, 6.45) is 8.60. The molecule has 0 amide bonds. The third kappa shape index (κ3) is 3.47. The van der Waals surface area contributed by atoms with Crippen molar-refractivity contribution in [2.45, 2.75) is 26.3 Å². The standard InChI is InChI=1S/C22H25N3O2/c1-15-10-16(2)21(26-3)19(11-15)22-24-8-9-25(22)20-14-27-13-18(20)12-17-4-6-23-7-5-17/h4-11,18,20H,12-14H2,1-3H3/t18-,20-/m1/s1. The number of hydrogen-bond acceptors (Lipinski definition) is 4. The molecule has 1 aliphatic heterocycles. The molecule has 2 aromatic heterocycles. The first-order valence-electron chi connectivity index (χ1n) is 9.32. The van der Waals surface area contributed by atoms with E-state index < -0.39 is 0 Å². The van der Waals surface area contributed by atoms with Crippen LogP contribution in [-0.4, -0.2) is 34.9 Å². The Morgan fingerprint density at radius 3 is 2.74 bits per heavy atom. The van der Waals surface area contributed by atoms with Gasteiger partial charge >= 0.3 is 0 Å². The highest BCUT2D eigenvalue weighted by molar-refractivity contribution is 5.68. The van der Waals surface area contributed by atoms with Crippen LogP contribution in [0, 0.1) is 19.8 Å². The fourth-order valence-corrected chi connectivity index (χ4v) is 4.09. The van der Waals surface area contributed by atoms with Crippen LogP contribution in [0.4, 0.5) is 0 Å². The zero-order valence-corrected chi connectivity index (χ0v) is 16.1. The van der Waals surface area contributed by atoms with E-state index in [1.54, 1.807) is 7.11 Å². The SMILES string of the molecule is COc1c(C)cc(C)cc1-c1nccn1[C@@H]1COC[C@H]1Cc1ccncc1. The number of hydrogen-bond donors (Lipinski definition) is 0. The Balaban J connectivity index is 1.70. The zero-order valence-electron chi connectivity index (χ0n) is 16.1. The maximum Gasteiger partial charge on any atom is 0.144 e. The number of ether oxygens (including phenoxy) is 2. The van der Waals surface area contributed by atoms with E-state index in [4.69, 9.17) is 9.47 Å². The van der Waals surface area contributed by atoms with Gasteiger partial charge in [0.15, 0.2) is 0 Å². The average Bonchev–Trinajstić information content (AvgIpc) is 3.30. The van der Waals surface area contributed by atoms with Crippen molar-refractivity contribution in [3.63, 3.8) is 0 Å². The summed E-state index contributed by atoms with van der Waals surface area (Å²) in [6.45, 7) is 5.64. The van der Waals surface area contributed by atoms with E-state index in [1.807, 2.05) is 18.6 Å². The van der Waals surface area contributed by atoms with Crippen LogP contribution in [-0.2, 0) is 11.2 Å². The Kier molecular flexibility index (Phi) is 4.94. The molecule has 1 aromatic carbocycles. The highest BCUT2D eigenvalue weighted by Crippen LogP contribution is 2.37. The number of aromatic nitrogens is 3. The molecule has 0 spiro atoms. The van der Waals surface area contributed by atoms with Crippen molar-refractivity contribution in [2.75, 3.05) is 20.3 Å². The van der Waals surface area contributed by atoms with Crippen LogP contribution in [0.3, 0.4) is 0 Å². The fraction of sp³-hybridized carbons (Fsp3) is 0.364. The molecule has 1 aliphatic rings. The van der Waals surface area contributed by atoms with E-state index in [1.165, 1.54) is 11.1 Å². The molecule has 0 saturated carbocycles. The van der Waals surface area contributed by atoms with Gasteiger partial charge in [0.25, 0.3) is 0 Å². The van der Waals surface area contributed by atoms with Crippen molar-refractivity contribution in [1.29, 1.82) is 0 Å². The average molecular weight is 363 g/mol. The first-order valence-corrected chi connectivity index (χ1v) is 9.32. The molecule has 0 N–H and O–H groups in total. The third-order valence-electron chi connectivity index (χ3n) is 5.30. The lowest BCUT2D eigenvalue weighted by Crippen LogP contribution is -2.20. The van der Waals surface area contributed by atoms with Crippen LogP contribution in [0.1, 0.15) is 22.7 Å². The summed E-state index contributed by atoms with van der Waals surface area (Å²) in [4.78, 5) is 8.80. The number of imidazole rings is 1. The molecule has 140 valence electrons. The molecular weight excluding hydrogens is 338 g/mol. The fourth-order valence-electron chi connectivity index (χ4n) is 4.09. The van der Waals surface area contributed by atoms with Gasteiger partial charge in [-0.3, -0.25) is 4.98 Å². The molecule has 1 saturated heterocycles. The molecule has 4 rings (SSSR count). The van der Waals surface area contributed by atoms with Gasteiger partial charge in [-0.2, -0.15) is 0 Å². The Bertz CT molecular complexity index is 921. The van der Waals surface area contributed by atoms with Crippen molar-refractivity contribution < 1.29 is 9.47 Å². The Labute approximate surface area is 160 Å².